The Kier molecular flexibility index (Phi) is 3.35. The van der Waals surface area contributed by atoms with Gasteiger partial charge in [0.25, 0.3) is 0 Å². The Balaban J connectivity index is 2.36. The van der Waals surface area contributed by atoms with Gasteiger partial charge in [-0.1, -0.05) is 0 Å². The van der Waals surface area contributed by atoms with E-state index in [0.29, 0.717) is 0 Å². The van der Waals surface area contributed by atoms with E-state index < -0.39 is 0 Å². The molecule has 80 valence electrons. The minimum absolute atomic E-state index is 0.204. The van der Waals surface area contributed by atoms with Crippen LogP contribution in [-0.2, 0) is 0 Å². The van der Waals surface area contributed by atoms with Crippen molar-refractivity contribution in [1.29, 1.82) is 0 Å². The zero-order chi connectivity index (χ0) is 11.0. The van der Waals surface area contributed by atoms with Crippen molar-refractivity contribution in [2.75, 3.05) is 0 Å². The third-order valence-electron chi connectivity index (χ3n) is 2.11. The lowest BCUT2D eigenvalue weighted by atomic mass is 10.2. The molecule has 0 saturated carbocycles. The zero-order valence-electron chi connectivity index (χ0n) is 7.96. The number of furan rings is 1. The number of hydrogen-bond acceptors (Lipinski definition) is 3. The maximum atomic E-state index is 6.11. The third-order valence-corrected chi connectivity index (χ3v) is 4.98. The molecule has 0 bridgehead atoms. The van der Waals surface area contributed by atoms with Crippen molar-refractivity contribution in [3.63, 3.8) is 0 Å². The summed E-state index contributed by atoms with van der Waals surface area (Å²) in [6.07, 6.45) is 1.63. The van der Waals surface area contributed by atoms with Gasteiger partial charge in [0.2, 0.25) is 0 Å². The van der Waals surface area contributed by atoms with Gasteiger partial charge < -0.3 is 10.2 Å². The van der Waals surface area contributed by atoms with Crippen LogP contribution in [-0.4, -0.2) is 0 Å². The van der Waals surface area contributed by atoms with Crippen LogP contribution in [0.2, 0.25) is 0 Å². The average molecular weight is 351 g/mol. The van der Waals surface area contributed by atoms with Crippen LogP contribution >= 0.6 is 43.2 Å². The summed E-state index contributed by atoms with van der Waals surface area (Å²) in [5.74, 6) is 0.767. The molecule has 0 fully saturated rings. The molecule has 2 rings (SSSR count). The van der Waals surface area contributed by atoms with Gasteiger partial charge in [-0.3, -0.25) is 0 Å². The molecule has 0 radical (unpaired) electrons. The highest BCUT2D eigenvalue weighted by molar-refractivity contribution is 9.11. The van der Waals surface area contributed by atoms with Crippen molar-refractivity contribution in [2.45, 2.75) is 13.0 Å². The molecule has 0 aliphatic heterocycles. The summed E-state index contributed by atoms with van der Waals surface area (Å²) in [6, 6.07) is 3.73. The van der Waals surface area contributed by atoms with E-state index in [2.05, 4.69) is 37.9 Å². The minimum atomic E-state index is -0.204. The summed E-state index contributed by atoms with van der Waals surface area (Å²) >= 11 is 8.54. The first-order valence-corrected chi connectivity index (χ1v) is 6.74. The molecule has 0 amide bonds. The average Bonchev–Trinajstić information content (AvgIpc) is 2.74. The number of hydrogen-bond donors (Lipinski definition) is 1. The summed E-state index contributed by atoms with van der Waals surface area (Å²) in [7, 11) is 0. The van der Waals surface area contributed by atoms with E-state index in [1.807, 2.05) is 13.0 Å². The molecule has 15 heavy (non-hydrogen) atoms. The molecule has 2 N–H and O–H groups in total. The predicted molar refractivity (Wildman–Crippen MR) is 69.2 cm³/mol. The van der Waals surface area contributed by atoms with Crippen molar-refractivity contribution in [3.8, 4) is 0 Å². The monoisotopic (exact) mass is 349 g/mol. The number of thiophene rings is 1. The van der Waals surface area contributed by atoms with Crippen LogP contribution in [0.25, 0.3) is 0 Å². The van der Waals surface area contributed by atoms with Crippen LogP contribution in [0, 0.1) is 6.92 Å². The molecule has 2 heterocycles. The van der Waals surface area contributed by atoms with Crippen LogP contribution in [0.3, 0.4) is 0 Å². The highest BCUT2D eigenvalue weighted by atomic mass is 79.9. The number of aryl methyl sites for hydroxylation is 1. The Hall–Kier alpha value is -0.100. The van der Waals surface area contributed by atoms with Gasteiger partial charge in [-0.05, 0) is 56.5 Å². The van der Waals surface area contributed by atoms with Crippen molar-refractivity contribution in [3.05, 3.63) is 42.9 Å². The van der Waals surface area contributed by atoms with Gasteiger partial charge >= 0.3 is 0 Å². The van der Waals surface area contributed by atoms with Gasteiger partial charge in [0.05, 0.1) is 20.6 Å². The van der Waals surface area contributed by atoms with E-state index >= 15 is 0 Å². The van der Waals surface area contributed by atoms with E-state index in [-0.39, 0.29) is 6.04 Å². The molecule has 0 saturated heterocycles. The van der Waals surface area contributed by atoms with Crippen LogP contribution in [0.5, 0.6) is 0 Å². The maximum absolute atomic E-state index is 6.11. The summed E-state index contributed by atoms with van der Waals surface area (Å²) < 4.78 is 7.38. The quantitative estimate of drug-likeness (QED) is 0.880. The van der Waals surface area contributed by atoms with Crippen molar-refractivity contribution < 1.29 is 4.42 Å². The van der Waals surface area contributed by atoms with Gasteiger partial charge in [0.1, 0.15) is 5.76 Å². The van der Waals surface area contributed by atoms with Crippen molar-refractivity contribution in [1.82, 2.24) is 0 Å². The van der Waals surface area contributed by atoms with Gasteiger partial charge in [-0.2, -0.15) is 0 Å². The molecular formula is C10H9Br2NOS. The third kappa shape index (κ3) is 2.20. The van der Waals surface area contributed by atoms with Crippen molar-refractivity contribution >= 4 is 43.2 Å². The van der Waals surface area contributed by atoms with E-state index in [0.717, 1.165) is 18.9 Å². The first kappa shape index (κ1) is 11.4. The molecule has 0 spiro atoms. The smallest absolute Gasteiger partial charge is 0.139 e. The van der Waals surface area contributed by atoms with Gasteiger partial charge in [-0.25, -0.2) is 0 Å². The normalized spacial score (nSPS) is 13.1. The first-order valence-electron chi connectivity index (χ1n) is 4.34. The lowest BCUT2D eigenvalue weighted by molar-refractivity contribution is 0.489. The topological polar surface area (TPSA) is 39.2 Å². The largest absolute Gasteiger partial charge is 0.466 e. The van der Waals surface area contributed by atoms with E-state index in [9.17, 15) is 0 Å². The van der Waals surface area contributed by atoms with Gasteiger partial charge in [0, 0.05) is 4.88 Å². The molecule has 0 aromatic carbocycles. The lowest BCUT2D eigenvalue weighted by Gasteiger charge is -2.06. The molecule has 1 atom stereocenters. The fourth-order valence-corrected chi connectivity index (χ4v) is 3.31. The zero-order valence-corrected chi connectivity index (χ0v) is 11.9. The molecule has 1 unspecified atom stereocenters. The Labute approximate surface area is 109 Å². The molecule has 5 heteroatoms. The van der Waals surface area contributed by atoms with Crippen LogP contribution in [0.4, 0.5) is 0 Å². The van der Waals surface area contributed by atoms with E-state index in [1.165, 1.54) is 5.56 Å². The van der Waals surface area contributed by atoms with E-state index in [4.69, 9.17) is 10.2 Å². The maximum Gasteiger partial charge on any atom is 0.139 e. The Morgan fingerprint density at radius 3 is 2.67 bits per heavy atom. The highest BCUT2D eigenvalue weighted by Gasteiger charge is 2.18. The summed E-state index contributed by atoms with van der Waals surface area (Å²) in [5.41, 5.74) is 7.31. The first-order chi connectivity index (χ1) is 7.09. The Morgan fingerprint density at radius 2 is 2.20 bits per heavy atom. The predicted octanol–water partition coefficient (Wildman–Crippen LogP) is 4.22. The molecule has 2 aromatic heterocycles. The lowest BCUT2D eigenvalue weighted by Crippen LogP contribution is -2.09. The fraction of sp³-hybridized carbons (Fsp3) is 0.200. The molecule has 0 aliphatic rings. The summed E-state index contributed by atoms with van der Waals surface area (Å²) in [4.78, 5) is 1.09. The Morgan fingerprint density at radius 1 is 1.47 bits per heavy atom. The van der Waals surface area contributed by atoms with Crippen molar-refractivity contribution in [2.24, 2.45) is 5.73 Å². The van der Waals surface area contributed by atoms with Crippen LogP contribution in [0.1, 0.15) is 22.2 Å². The second-order valence-electron chi connectivity index (χ2n) is 3.22. The highest BCUT2D eigenvalue weighted by Crippen LogP contribution is 2.35. The fourth-order valence-electron chi connectivity index (χ4n) is 1.29. The van der Waals surface area contributed by atoms with Gasteiger partial charge in [-0.15, -0.1) is 11.3 Å². The van der Waals surface area contributed by atoms with E-state index in [1.54, 1.807) is 17.6 Å². The minimum Gasteiger partial charge on any atom is -0.466 e. The second-order valence-corrected chi connectivity index (χ2v) is 6.47. The summed E-state index contributed by atoms with van der Waals surface area (Å²) in [6.45, 7) is 2.05. The number of rotatable bonds is 2. The summed E-state index contributed by atoms with van der Waals surface area (Å²) in [5, 5.41) is 0. The van der Waals surface area contributed by atoms with Gasteiger partial charge in [0.15, 0.2) is 0 Å². The Bertz CT molecular complexity index is 458. The standard InChI is InChI=1S/C10H9Br2NOS/c1-5-4-7(15-10(5)12)8(13)9-6(11)2-3-14-9/h2-4,8H,13H2,1H3. The second kappa shape index (κ2) is 4.41. The number of halogens is 2. The molecule has 0 aliphatic carbocycles. The van der Waals surface area contributed by atoms with Crippen LogP contribution < -0.4 is 5.73 Å². The van der Waals surface area contributed by atoms with Crippen LogP contribution in [0.15, 0.2) is 31.1 Å². The molecule has 2 aromatic rings. The SMILES string of the molecule is Cc1cc(C(N)c2occc2Br)sc1Br. The number of nitrogens with two attached hydrogens (primary N) is 1. The molecule has 2 nitrogen and oxygen atoms in total. The molecular weight excluding hydrogens is 342 g/mol.